The van der Waals surface area contributed by atoms with E-state index in [2.05, 4.69) is 123 Å². The first-order valence-corrected chi connectivity index (χ1v) is 20.8. The summed E-state index contributed by atoms with van der Waals surface area (Å²) in [7, 11) is 0. The van der Waals surface area contributed by atoms with Gasteiger partial charge in [-0.05, 0) is 70.9 Å². The number of fused-ring (bicyclic) bond motifs is 3. The fourth-order valence-corrected chi connectivity index (χ4v) is 9.21. The molecule has 8 aromatic rings. The molecule has 0 atom stereocenters. The zero-order valence-electron chi connectivity index (χ0n) is 35.5. The second-order valence-electron chi connectivity index (χ2n) is 18.4. The van der Waals surface area contributed by atoms with Crippen LogP contribution in [-0.4, -0.2) is 20.1 Å². The molecule has 0 aliphatic rings. The summed E-state index contributed by atoms with van der Waals surface area (Å²) in [6.07, 6.45) is 2.41. The first-order valence-electron chi connectivity index (χ1n) is 20.0. The van der Waals surface area contributed by atoms with Crippen LogP contribution in [0.15, 0.2) is 75.8 Å². The van der Waals surface area contributed by atoms with Crippen LogP contribution in [0.3, 0.4) is 0 Å². The van der Waals surface area contributed by atoms with E-state index in [0.29, 0.717) is 28.7 Å². The molecule has 4 aromatic carbocycles. The van der Waals surface area contributed by atoms with Crippen LogP contribution in [0.1, 0.15) is 115 Å². The number of hydrogen-bond donors (Lipinski definition) is 1. The van der Waals surface area contributed by atoms with E-state index in [1.165, 1.54) is 16.7 Å². The number of nitrogens with zero attached hydrogens (tertiary/aromatic N) is 3. The zero-order chi connectivity index (χ0) is 40.7. The number of rotatable bonds is 7. The van der Waals surface area contributed by atoms with Crippen LogP contribution in [0, 0.1) is 25.3 Å². The van der Waals surface area contributed by atoms with E-state index in [1.807, 2.05) is 26.0 Å². The molecule has 8 heteroatoms. The average Bonchev–Trinajstić information content (AvgIpc) is 3.84. The Kier molecular flexibility index (Phi) is 10.9. The van der Waals surface area contributed by atoms with Crippen molar-refractivity contribution in [3.63, 3.8) is 0 Å². The molecule has 0 unspecified atom stereocenters. The number of aromatic nitrogens is 3. The number of phenols is 1. The molecule has 0 aliphatic carbocycles. The molecule has 58 heavy (non-hydrogen) atoms. The maximum atomic E-state index is 11.6. The van der Waals surface area contributed by atoms with Gasteiger partial charge >= 0.3 is 0 Å². The molecular formula is C50H52N3O3PtS-. The SMILES string of the molecule is Cc1oc2ccc(O)c(-c3nc4c(-c5[c-]c(-c6ncnc7cc(CC(C)(C)C)oc67)cc(C(C)(C)C)c5)ccc(-c5c(C(C)C)cccc5C(C)C)c4s3)c2c1C.[Pt]. The Labute approximate surface area is 360 Å². The van der Waals surface area contributed by atoms with Crippen LogP contribution in [0.25, 0.3) is 76.4 Å². The van der Waals surface area contributed by atoms with E-state index in [4.69, 9.17) is 18.8 Å². The molecule has 4 heterocycles. The summed E-state index contributed by atoms with van der Waals surface area (Å²) in [4.78, 5) is 14.9. The van der Waals surface area contributed by atoms with Crippen LogP contribution in [0.4, 0.5) is 0 Å². The number of hydrogen-bond acceptors (Lipinski definition) is 7. The molecule has 302 valence electrons. The largest absolute Gasteiger partial charge is 0.507 e. The maximum absolute atomic E-state index is 11.6. The minimum Gasteiger partial charge on any atom is -0.507 e. The molecule has 6 nitrogen and oxygen atoms in total. The molecule has 0 spiro atoms. The summed E-state index contributed by atoms with van der Waals surface area (Å²) >= 11 is 1.63. The van der Waals surface area contributed by atoms with Crippen LogP contribution >= 0.6 is 11.3 Å². The number of phenolic OH excluding ortho intramolecular Hbond substituents is 1. The predicted octanol–water partition coefficient (Wildman–Crippen LogP) is 14.5. The molecule has 8 rings (SSSR count). The number of aryl methyl sites for hydroxylation is 2. The molecule has 0 saturated carbocycles. The number of benzene rings is 4. The normalized spacial score (nSPS) is 12.4. The minimum absolute atomic E-state index is 0. The van der Waals surface area contributed by atoms with Gasteiger partial charge in [0.05, 0.1) is 21.5 Å². The van der Waals surface area contributed by atoms with E-state index < -0.39 is 0 Å². The Bertz CT molecular complexity index is 2820. The second kappa shape index (κ2) is 15.2. The van der Waals surface area contributed by atoms with Gasteiger partial charge in [-0.25, -0.2) is 9.97 Å². The summed E-state index contributed by atoms with van der Waals surface area (Å²) in [5.41, 5.74) is 14.2. The van der Waals surface area contributed by atoms with Gasteiger partial charge in [0.2, 0.25) is 0 Å². The van der Waals surface area contributed by atoms with Gasteiger partial charge in [-0.1, -0.05) is 111 Å². The second-order valence-corrected chi connectivity index (χ2v) is 19.4. The third-order valence-corrected chi connectivity index (χ3v) is 12.2. The van der Waals surface area contributed by atoms with E-state index in [1.54, 1.807) is 23.7 Å². The number of thiazole rings is 1. The molecule has 0 bridgehead atoms. The Hall–Kier alpha value is -4.58. The molecule has 0 aliphatic heterocycles. The first kappa shape index (κ1) is 41.6. The van der Waals surface area contributed by atoms with Gasteiger partial charge in [0, 0.05) is 44.5 Å². The summed E-state index contributed by atoms with van der Waals surface area (Å²) < 4.78 is 13.7. The molecular weight excluding hydrogens is 918 g/mol. The van der Waals surface area contributed by atoms with E-state index in [0.717, 1.165) is 83.0 Å². The molecule has 0 saturated heterocycles. The monoisotopic (exact) mass is 969 g/mol. The van der Waals surface area contributed by atoms with Gasteiger partial charge in [0.1, 0.15) is 45.3 Å². The topological polar surface area (TPSA) is 85.2 Å². The minimum atomic E-state index is -0.182. The summed E-state index contributed by atoms with van der Waals surface area (Å²) in [6, 6.07) is 25.0. The van der Waals surface area contributed by atoms with E-state index >= 15 is 0 Å². The number of aromatic hydroxyl groups is 1. The van der Waals surface area contributed by atoms with Crippen molar-refractivity contribution in [3.05, 3.63) is 107 Å². The van der Waals surface area contributed by atoms with Crippen LogP contribution in [-0.2, 0) is 32.9 Å². The molecule has 4 aromatic heterocycles. The fourth-order valence-electron chi connectivity index (χ4n) is 8.03. The smallest absolute Gasteiger partial charge is 0.145 e. The van der Waals surface area contributed by atoms with Gasteiger partial charge in [-0.2, -0.15) is 0 Å². The van der Waals surface area contributed by atoms with Crippen molar-refractivity contribution >= 4 is 43.6 Å². The van der Waals surface area contributed by atoms with Gasteiger partial charge in [-0.3, -0.25) is 4.98 Å². The van der Waals surface area contributed by atoms with Crippen LogP contribution in [0.2, 0.25) is 0 Å². The van der Waals surface area contributed by atoms with E-state index in [9.17, 15) is 5.11 Å². The van der Waals surface area contributed by atoms with Gasteiger partial charge in [-0.15, -0.1) is 40.7 Å². The maximum Gasteiger partial charge on any atom is 0.145 e. The molecule has 0 amide bonds. The average molecular weight is 970 g/mol. The first-order chi connectivity index (χ1) is 26.9. The van der Waals surface area contributed by atoms with Gasteiger partial charge in [0.25, 0.3) is 0 Å². The molecule has 0 radical (unpaired) electrons. The Morgan fingerprint density at radius 3 is 2.12 bits per heavy atom. The summed E-state index contributed by atoms with van der Waals surface area (Å²) in [6.45, 7) is 26.4. The predicted molar refractivity (Wildman–Crippen MR) is 237 cm³/mol. The summed E-state index contributed by atoms with van der Waals surface area (Å²) in [5, 5.41) is 13.2. The Morgan fingerprint density at radius 2 is 1.47 bits per heavy atom. The van der Waals surface area contributed by atoms with Crippen molar-refractivity contribution in [2.75, 3.05) is 0 Å². The molecule has 0 fully saturated rings. The van der Waals surface area contributed by atoms with Crippen molar-refractivity contribution < 1.29 is 35.0 Å². The van der Waals surface area contributed by atoms with Crippen LogP contribution < -0.4 is 0 Å². The third kappa shape index (κ3) is 7.45. The van der Waals surface area contributed by atoms with Gasteiger partial charge in [0.15, 0.2) is 0 Å². The number of furan rings is 2. The van der Waals surface area contributed by atoms with Crippen molar-refractivity contribution in [2.24, 2.45) is 5.41 Å². The van der Waals surface area contributed by atoms with Gasteiger partial charge < -0.3 is 13.9 Å². The summed E-state index contributed by atoms with van der Waals surface area (Å²) in [5.74, 6) is 2.52. The zero-order valence-corrected chi connectivity index (χ0v) is 38.6. The Morgan fingerprint density at radius 1 is 0.793 bits per heavy atom. The standard InChI is InChI=1S/C50H52N3O3S.Pt/c1-26(2)34-14-13-15-35(27(3)4)42(34)37-17-16-36(45-47(37)57-48(53-45)43-39(54)18-19-40-41(43)28(5)29(6)55-40)30-20-31(22-32(21-30)50(10,11)12)44-46-38(51-25-52-44)23-33(56-46)24-49(7,8)9;/h13-19,21-23,25-27,54H,24H2,1-12H3;/q-1;. The van der Waals surface area contributed by atoms with Crippen molar-refractivity contribution in [1.82, 2.24) is 15.0 Å². The van der Waals surface area contributed by atoms with E-state index in [-0.39, 0.29) is 37.6 Å². The van der Waals surface area contributed by atoms with Crippen molar-refractivity contribution in [3.8, 4) is 49.8 Å². The van der Waals surface area contributed by atoms with Crippen molar-refractivity contribution in [1.29, 1.82) is 0 Å². The Balaban J connectivity index is 0.00000512. The molecule has 1 N–H and O–H groups in total. The quantitative estimate of drug-likeness (QED) is 0.160. The van der Waals surface area contributed by atoms with Crippen LogP contribution in [0.5, 0.6) is 5.75 Å². The fraction of sp³-hybridized carbons (Fsp3) is 0.340. The third-order valence-electron chi connectivity index (χ3n) is 11.1. The van der Waals surface area contributed by atoms with Crippen molar-refractivity contribution in [2.45, 2.75) is 107 Å².